The number of benzene rings is 1. The SMILES string of the molecule is Cc1ccc(C(C)NCCc2ccn(C)n2)cc1C. The van der Waals surface area contributed by atoms with Gasteiger partial charge < -0.3 is 5.32 Å². The highest BCUT2D eigenvalue weighted by molar-refractivity contribution is 5.31. The highest BCUT2D eigenvalue weighted by Crippen LogP contribution is 2.16. The molecule has 2 aromatic rings. The maximum atomic E-state index is 4.38. The van der Waals surface area contributed by atoms with E-state index in [9.17, 15) is 0 Å². The summed E-state index contributed by atoms with van der Waals surface area (Å²) in [5.74, 6) is 0. The van der Waals surface area contributed by atoms with Crippen LogP contribution < -0.4 is 5.32 Å². The highest BCUT2D eigenvalue weighted by atomic mass is 15.2. The zero-order chi connectivity index (χ0) is 13.8. The number of rotatable bonds is 5. The van der Waals surface area contributed by atoms with Crippen LogP contribution in [0.5, 0.6) is 0 Å². The van der Waals surface area contributed by atoms with Gasteiger partial charge in [-0.25, -0.2) is 0 Å². The van der Waals surface area contributed by atoms with Crippen LogP contribution in [0.15, 0.2) is 30.5 Å². The van der Waals surface area contributed by atoms with Crippen LogP contribution in [0.3, 0.4) is 0 Å². The van der Waals surface area contributed by atoms with Gasteiger partial charge in [0.25, 0.3) is 0 Å². The number of hydrogen-bond donors (Lipinski definition) is 1. The molecule has 0 spiro atoms. The summed E-state index contributed by atoms with van der Waals surface area (Å²) in [5, 5.41) is 7.94. The van der Waals surface area contributed by atoms with Gasteiger partial charge in [0.2, 0.25) is 0 Å². The van der Waals surface area contributed by atoms with Crippen molar-refractivity contribution in [3.63, 3.8) is 0 Å². The van der Waals surface area contributed by atoms with Crippen molar-refractivity contribution in [1.82, 2.24) is 15.1 Å². The number of nitrogens with one attached hydrogen (secondary N) is 1. The Balaban J connectivity index is 1.86. The fourth-order valence-electron chi connectivity index (χ4n) is 2.17. The van der Waals surface area contributed by atoms with E-state index in [-0.39, 0.29) is 0 Å². The molecule has 3 heteroatoms. The molecule has 0 amide bonds. The van der Waals surface area contributed by atoms with E-state index in [0.29, 0.717) is 6.04 Å². The molecule has 102 valence electrons. The van der Waals surface area contributed by atoms with E-state index in [1.807, 2.05) is 17.9 Å². The molecule has 0 fully saturated rings. The Labute approximate surface area is 115 Å². The van der Waals surface area contributed by atoms with Gasteiger partial charge in [-0.3, -0.25) is 4.68 Å². The maximum absolute atomic E-state index is 4.38. The standard InChI is InChI=1S/C16H23N3/c1-12-5-6-15(11-13(12)2)14(3)17-9-7-16-8-10-19(4)18-16/h5-6,8,10-11,14,17H,7,9H2,1-4H3. The average Bonchev–Trinajstić information content (AvgIpc) is 2.78. The van der Waals surface area contributed by atoms with Crippen molar-refractivity contribution in [2.24, 2.45) is 7.05 Å². The van der Waals surface area contributed by atoms with Crippen molar-refractivity contribution < 1.29 is 0 Å². The highest BCUT2D eigenvalue weighted by Gasteiger charge is 2.06. The summed E-state index contributed by atoms with van der Waals surface area (Å²) in [5.41, 5.74) is 5.20. The lowest BCUT2D eigenvalue weighted by molar-refractivity contribution is 0.571. The largest absolute Gasteiger partial charge is 0.310 e. The first kappa shape index (κ1) is 13.8. The maximum Gasteiger partial charge on any atom is 0.0637 e. The normalized spacial score (nSPS) is 12.6. The number of nitrogens with zero attached hydrogens (tertiary/aromatic N) is 2. The monoisotopic (exact) mass is 257 g/mol. The van der Waals surface area contributed by atoms with Crippen LogP contribution in [0.1, 0.15) is 35.3 Å². The van der Waals surface area contributed by atoms with Crippen LogP contribution >= 0.6 is 0 Å². The number of aryl methyl sites for hydroxylation is 3. The van der Waals surface area contributed by atoms with Crippen molar-refractivity contribution in [2.75, 3.05) is 6.54 Å². The predicted octanol–water partition coefficient (Wildman–Crippen LogP) is 2.93. The van der Waals surface area contributed by atoms with E-state index in [0.717, 1.165) is 18.7 Å². The third kappa shape index (κ3) is 3.67. The summed E-state index contributed by atoms with van der Waals surface area (Å²) in [4.78, 5) is 0. The molecule has 0 aliphatic heterocycles. The third-order valence-corrected chi connectivity index (χ3v) is 3.63. The molecule has 0 aliphatic rings. The summed E-state index contributed by atoms with van der Waals surface area (Å²) < 4.78 is 1.85. The summed E-state index contributed by atoms with van der Waals surface area (Å²) >= 11 is 0. The van der Waals surface area contributed by atoms with Gasteiger partial charge in [0, 0.05) is 32.3 Å². The summed E-state index contributed by atoms with van der Waals surface area (Å²) in [7, 11) is 1.95. The number of aromatic nitrogens is 2. The Bertz CT molecular complexity index is 543. The predicted molar refractivity (Wildman–Crippen MR) is 79.2 cm³/mol. The molecular weight excluding hydrogens is 234 g/mol. The van der Waals surface area contributed by atoms with Crippen molar-refractivity contribution >= 4 is 0 Å². The van der Waals surface area contributed by atoms with Gasteiger partial charge in [-0.05, 0) is 43.5 Å². The second-order valence-electron chi connectivity index (χ2n) is 5.25. The van der Waals surface area contributed by atoms with Crippen LogP contribution in [0, 0.1) is 13.8 Å². The molecule has 1 N–H and O–H groups in total. The van der Waals surface area contributed by atoms with Gasteiger partial charge in [-0.1, -0.05) is 18.2 Å². The van der Waals surface area contributed by atoms with Gasteiger partial charge in [0.1, 0.15) is 0 Å². The molecule has 0 saturated heterocycles. The minimum atomic E-state index is 0.378. The van der Waals surface area contributed by atoms with Crippen LogP contribution in [-0.4, -0.2) is 16.3 Å². The molecule has 1 aromatic carbocycles. The first-order valence-corrected chi connectivity index (χ1v) is 6.85. The molecule has 0 saturated carbocycles. The third-order valence-electron chi connectivity index (χ3n) is 3.63. The van der Waals surface area contributed by atoms with E-state index < -0.39 is 0 Å². The van der Waals surface area contributed by atoms with Gasteiger partial charge >= 0.3 is 0 Å². The second-order valence-corrected chi connectivity index (χ2v) is 5.25. The van der Waals surface area contributed by atoms with E-state index in [1.54, 1.807) is 0 Å². The van der Waals surface area contributed by atoms with Crippen molar-refractivity contribution in [2.45, 2.75) is 33.2 Å². The van der Waals surface area contributed by atoms with Crippen LogP contribution in [0.2, 0.25) is 0 Å². The van der Waals surface area contributed by atoms with Crippen LogP contribution in [0.25, 0.3) is 0 Å². The van der Waals surface area contributed by atoms with E-state index >= 15 is 0 Å². The fraction of sp³-hybridized carbons (Fsp3) is 0.438. The quantitative estimate of drug-likeness (QED) is 0.892. The lowest BCUT2D eigenvalue weighted by atomic mass is 10.0. The Morgan fingerprint density at radius 1 is 1.21 bits per heavy atom. The lowest BCUT2D eigenvalue weighted by Crippen LogP contribution is -2.21. The zero-order valence-electron chi connectivity index (χ0n) is 12.3. The fourth-order valence-corrected chi connectivity index (χ4v) is 2.17. The first-order valence-electron chi connectivity index (χ1n) is 6.85. The lowest BCUT2D eigenvalue weighted by Gasteiger charge is -2.15. The van der Waals surface area contributed by atoms with Gasteiger partial charge in [0.15, 0.2) is 0 Å². The van der Waals surface area contributed by atoms with Crippen molar-refractivity contribution in [1.29, 1.82) is 0 Å². The average molecular weight is 257 g/mol. The molecule has 3 nitrogen and oxygen atoms in total. The van der Waals surface area contributed by atoms with E-state index in [4.69, 9.17) is 0 Å². The Hall–Kier alpha value is -1.61. The number of hydrogen-bond acceptors (Lipinski definition) is 2. The van der Waals surface area contributed by atoms with Crippen LogP contribution in [-0.2, 0) is 13.5 Å². The van der Waals surface area contributed by atoms with Gasteiger partial charge in [-0.2, -0.15) is 5.10 Å². The van der Waals surface area contributed by atoms with Crippen molar-refractivity contribution in [3.8, 4) is 0 Å². The summed E-state index contributed by atoms with van der Waals surface area (Å²) in [6.07, 6.45) is 2.96. The molecule has 1 heterocycles. The first-order chi connectivity index (χ1) is 9.06. The van der Waals surface area contributed by atoms with Crippen molar-refractivity contribution in [3.05, 3.63) is 52.8 Å². The summed E-state index contributed by atoms with van der Waals surface area (Å²) in [6.45, 7) is 7.48. The van der Waals surface area contributed by atoms with Gasteiger partial charge in [-0.15, -0.1) is 0 Å². The molecule has 0 radical (unpaired) electrons. The second kappa shape index (κ2) is 6.02. The molecule has 1 atom stereocenters. The minimum absolute atomic E-state index is 0.378. The Morgan fingerprint density at radius 2 is 2.00 bits per heavy atom. The Morgan fingerprint density at radius 3 is 2.63 bits per heavy atom. The van der Waals surface area contributed by atoms with Gasteiger partial charge in [0.05, 0.1) is 5.69 Å². The Kier molecular flexibility index (Phi) is 4.38. The topological polar surface area (TPSA) is 29.9 Å². The summed E-state index contributed by atoms with van der Waals surface area (Å²) in [6, 6.07) is 9.13. The van der Waals surface area contributed by atoms with E-state index in [2.05, 4.69) is 55.5 Å². The van der Waals surface area contributed by atoms with Crippen LogP contribution in [0.4, 0.5) is 0 Å². The molecule has 0 bridgehead atoms. The molecule has 1 unspecified atom stereocenters. The molecule has 19 heavy (non-hydrogen) atoms. The van der Waals surface area contributed by atoms with E-state index in [1.165, 1.54) is 16.7 Å². The molecule has 1 aromatic heterocycles. The smallest absolute Gasteiger partial charge is 0.0637 e. The molecule has 0 aliphatic carbocycles. The zero-order valence-corrected chi connectivity index (χ0v) is 12.3. The molecular formula is C16H23N3. The minimum Gasteiger partial charge on any atom is -0.310 e. The molecule has 2 rings (SSSR count).